The lowest BCUT2D eigenvalue weighted by Crippen LogP contribution is -2.18. The molecule has 0 heterocycles. The molecule has 0 fully saturated rings. The van der Waals surface area contributed by atoms with Crippen molar-refractivity contribution in [1.82, 2.24) is 0 Å². The first-order chi connectivity index (χ1) is 10.5. The maximum absolute atomic E-state index is 12.9. The zero-order valence-corrected chi connectivity index (χ0v) is 11.0. The van der Waals surface area contributed by atoms with Crippen LogP contribution in [0.15, 0.2) is 42.5 Å². The highest BCUT2D eigenvalue weighted by Crippen LogP contribution is 2.25. The second-order valence-electron chi connectivity index (χ2n) is 4.06. The highest BCUT2D eigenvalue weighted by Gasteiger charge is 2.16. The van der Waals surface area contributed by atoms with Gasteiger partial charge in [0.2, 0.25) is 0 Å². The van der Waals surface area contributed by atoms with E-state index >= 15 is 0 Å². The van der Waals surface area contributed by atoms with Gasteiger partial charge in [-0.1, -0.05) is 12.1 Å². The number of nitrogens with zero attached hydrogens (tertiary/aromatic N) is 1. The van der Waals surface area contributed by atoms with Gasteiger partial charge in [0.1, 0.15) is 5.75 Å². The fraction of sp³-hybridized carbons (Fsp3) is 0.0714. The maximum atomic E-state index is 12.9. The average Bonchev–Trinajstić information content (AvgIpc) is 2.49. The molecule has 22 heavy (non-hydrogen) atoms. The van der Waals surface area contributed by atoms with Crippen molar-refractivity contribution in [2.75, 3.05) is 6.61 Å². The summed E-state index contributed by atoms with van der Waals surface area (Å²) in [7, 11) is 0. The van der Waals surface area contributed by atoms with Gasteiger partial charge in [0.25, 0.3) is 0 Å². The Labute approximate surface area is 123 Å². The molecule has 0 aliphatic heterocycles. The van der Waals surface area contributed by atoms with Crippen LogP contribution in [-0.4, -0.2) is 17.5 Å². The summed E-state index contributed by atoms with van der Waals surface area (Å²) in [5, 5.41) is 10.8. The van der Waals surface area contributed by atoms with E-state index in [0.717, 1.165) is 12.1 Å². The van der Waals surface area contributed by atoms with Crippen LogP contribution in [0.3, 0.4) is 0 Å². The van der Waals surface area contributed by atoms with Gasteiger partial charge in [-0.3, -0.25) is 10.1 Å². The van der Waals surface area contributed by atoms with E-state index in [1.807, 2.05) is 0 Å². The minimum absolute atomic E-state index is 0.102. The summed E-state index contributed by atoms with van der Waals surface area (Å²) in [6.45, 7) is -0.621. The number of nitro benzene ring substituents is 1. The molecule has 0 atom stereocenters. The predicted molar refractivity (Wildman–Crippen MR) is 70.6 cm³/mol. The fourth-order valence-electron chi connectivity index (χ4n) is 1.57. The number of halogens is 2. The Balaban J connectivity index is 1.98. The number of hydrogen-bond donors (Lipinski definition) is 0. The minimum atomic E-state index is -1.16. The van der Waals surface area contributed by atoms with E-state index in [2.05, 4.69) is 0 Å². The Morgan fingerprint density at radius 3 is 2.55 bits per heavy atom. The molecule has 0 spiro atoms. The van der Waals surface area contributed by atoms with Crippen molar-refractivity contribution >= 4 is 11.7 Å². The Kier molecular flexibility index (Phi) is 4.62. The monoisotopic (exact) mass is 309 g/mol. The van der Waals surface area contributed by atoms with E-state index in [-0.39, 0.29) is 17.2 Å². The Morgan fingerprint density at radius 2 is 1.86 bits per heavy atom. The molecule has 0 saturated carbocycles. The summed E-state index contributed by atoms with van der Waals surface area (Å²) in [5.74, 6) is -3.45. The van der Waals surface area contributed by atoms with Crippen molar-refractivity contribution in [1.29, 1.82) is 0 Å². The van der Waals surface area contributed by atoms with Crippen molar-refractivity contribution in [2.45, 2.75) is 0 Å². The summed E-state index contributed by atoms with van der Waals surface area (Å²) in [6, 6.07) is 8.08. The van der Waals surface area contributed by atoms with E-state index in [1.165, 1.54) is 24.3 Å². The third-order valence-corrected chi connectivity index (χ3v) is 2.53. The van der Waals surface area contributed by atoms with Gasteiger partial charge in [-0.25, -0.2) is 13.6 Å². The van der Waals surface area contributed by atoms with Gasteiger partial charge in [0, 0.05) is 12.1 Å². The lowest BCUT2D eigenvalue weighted by Gasteiger charge is -2.07. The number of carbonyl (C=O) groups is 1. The maximum Gasteiger partial charge on any atom is 0.349 e. The topological polar surface area (TPSA) is 78.7 Å². The summed E-state index contributed by atoms with van der Waals surface area (Å²) in [4.78, 5) is 21.6. The Morgan fingerprint density at radius 1 is 1.14 bits per heavy atom. The quantitative estimate of drug-likeness (QED) is 0.367. The lowest BCUT2D eigenvalue weighted by molar-refractivity contribution is -0.385. The Bertz CT molecular complexity index is 720. The summed E-state index contributed by atoms with van der Waals surface area (Å²) >= 11 is 0. The number of hydrogen-bond acceptors (Lipinski definition) is 5. The van der Waals surface area contributed by atoms with Gasteiger partial charge in [0.15, 0.2) is 24.0 Å². The molecule has 114 valence electrons. The van der Waals surface area contributed by atoms with Crippen LogP contribution in [0.2, 0.25) is 0 Å². The van der Waals surface area contributed by atoms with Gasteiger partial charge in [0.05, 0.1) is 4.92 Å². The SMILES string of the molecule is O=C(COc1ccccc1[N+](=O)[O-])Oc1ccc(F)c(F)c1. The van der Waals surface area contributed by atoms with Crippen LogP contribution in [0.1, 0.15) is 0 Å². The smallest absolute Gasteiger partial charge is 0.349 e. The molecular formula is C14H9F2NO5. The van der Waals surface area contributed by atoms with Crippen LogP contribution in [0.4, 0.5) is 14.5 Å². The molecule has 0 bridgehead atoms. The third-order valence-electron chi connectivity index (χ3n) is 2.53. The zero-order chi connectivity index (χ0) is 16.1. The van der Waals surface area contributed by atoms with Crippen molar-refractivity contribution in [3.63, 3.8) is 0 Å². The van der Waals surface area contributed by atoms with E-state index in [0.29, 0.717) is 6.07 Å². The van der Waals surface area contributed by atoms with E-state index in [9.17, 15) is 23.7 Å². The highest BCUT2D eigenvalue weighted by atomic mass is 19.2. The molecule has 0 amide bonds. The van der Waals surface area contributed by atoms with Gasteiger partial charge < -0.3 is 9.47 Å². The Hall–Kier alpha value is -3.03. The second kappa shape index (κ2) is 6.61. The second-order valence-corrected chi connectivity index (χ2v) is 4.06. The number of para-hydroxylation sites is 2. The van der Waals surface area contributed by atoms with Gasteiger partial charge >= 0.3 is 11.7 Å². The first kappa shape index (κ1) is 15.4. The first-order valence-electron chi connectivity index (χ1n) is 5.99. The zero-order valence-electron chi connectivity index (χ0n) is 11.0. The van der Waals surface area contributed by atoms with Crippen LogP contribution in [-0.2, 0) is 4.79 Å². The molecule has 2 rings (SSSR count). The van der Waals surface area contributed by atoms with Crippen LogP contribution >= 0.6 is 0 Å². The van der Waals surface area contributed by atoms with Gasteiger partial charge in [-0.15, -0.1) is 0 Å². The van der Waals surface area contributed by atoms with Crippen molar-refractivity contribution in [3.8, 4) is 11.5 Å². The predicted octanol–water partition coefficient (Wildman–Crippen LogP) is 2.86. The number of rotatable bonds is 5. The van der Waals surface area contributed by atoms with Crippen LogP contribution < -0.4 is 9.47 Å². The summed E-state index contributed by atoms with van der Waals surface area (Å²) in [5.41, 5.74) is -0.303. The molecular weight excluding hydrogens is 300 g/mol. The molecule has 0 N–H and O–H groups in total. The van der Waals surface area contributed by atoms with Gasteiger partial charge in [-0.2, -0.15) is 0 Å². The van der Waals surface area contributed by atoms with E-state index in [1.54, 1.807) is 0 Å². The number of carbonyl (C=O) groups excluding carboxylic acids is 1. The number of nitro groups is 1. The molecule has 8 heteroatoms. The van der Waals surface area contributed by atoms with Crippen LogP contribution in [0.5, 0.6) is 11.5 Å². The highest BCUT2D eigenvalue weighted by molar-refractivity contribution is 5.74. The fourth-order valence-corrected chi connectivity index (χ4v) is 1.57. The molecule has 0 aliphatic rings. The average molecular weight is 309 g/mol. The van der Waals surface area contributed by atoms with Crippen molar-refractivity contribution in [3.05, 3.63) is 64.2 Å². The van der Waals surface area contributed by atoms with Crippen molar-refractivity contribution < 1.29 is 28.0 Å². The number of ether oxygens (including phenoxy) is 2. The van der Waals surface area contributed by atoms with E-state index < -0.39 is 29.1 Å². The first-order valence-corrected chi connectivity index (χ1v) is 5.99. The van der Waals surface area contributed by atoms with E-state index in [4.69, 9.17) is 9.47 Å². The normalized spacial score (nSPS) is 10.1. The summed E-state index contributed by atoms with van der Waals surface area (Å²) in [6.07, 6.45) is 0. The minimum Gasteiger partial charge on any atom is -0.475 e. The molecule has 0 aromatic heterocycles. The largest absolute Gasteiger partial charge is 0.475 e. The van der Waals surface area contributed by atoms with Crippen molar-refractivity contribution in [2.24, 2.45) is 0 Å². The molecule has 2 aromatic rings. The molecule has 0 aliphatic carbocycles. The van der Waals surface area contributed by atoms with Gasteiger partial charge in [-0.05, 0) is 18.2 Å². The molecule has 0 saturated heterocycles. The molecule has 0 unspecified atom stereocenters. The molecule has 6 nitrogen and oxygen atoms in total. The lowest BCUT2D eigenvalue weighted by atomic mass is 10.3. The number of esters is 1. The summed E-state index contributed by atoms with van der Waals surface area (Å²) < 4.78 is 35.4. The molecule has 0 radical (unpaired) electrons. The van der Waals surface area contributed by atoms with Crippen LogP contribution in [0, 0.1) is 21.7 Å². The number of benzene rings is 2. The van der Waals surface area contributed by atoms with Crippen LogP contribution in [0.25, 0.3) is 0 Å². The third kappa shape index (κ3) is 3.75. The standard InChI is InChI=1S/C14H9F2NO5/c15-10-6-5-9(7-11(10)16)22-14(18)8-21-13-4-2-1-3-12(13)17(19)20/h1-7H,8H2. The molecule has 2 aromatic carbocycles.